The molecule has 1 fully saturated rings. The number of hydrogen-bond acceptors (Lipinski definition) is 2. The first-order valence-corrected chi connectivity index (χ1v) is 6.84. The van der Waals surface area contributed by atoms with E-state index < -0.39 is 0 Å². The summed E-state index contributed by atoms with van der Waals surface area (Å²) in [5, 5.41) is 9.59. The average molecular weight is 268 g/mol. The molecule has 0 atom stereocenters. The highest BCUT2D eigenvalue weighted by Gasteiger charge is 2.17. The number of carbonyl (C=O) groups excluding carboxylic acids is 1. The topological polar surface area (TPSA) is 40.5 Å². The summed E-state index contributed by atoms with van der Waals surface area (Å²) in [4.78, 5) is 14.2. The summed E-state index contributed by atoms with van der Waals surface area (Å²) in [6, 6.07) is 4.64. The minimum Gasteiger partial charge on any atom is -0.506 e. The lowest BCUT2D eigenvalue weighted by molar-refractivity contribution is 0.0742. The van der Waals surface area contributed by atoms with Crippen LogP contribution in [0.4, 0.5) is 0 Å². The number of nitrogens with zero attached hydrogens (tertiary/aromatic N) is 1. The van der Waals surface area contributed by atoms with E-state index in [9.17, 15) is 9.90 Å². The van der Waals surface area contributed by atoms with Crippen LogP contribution in [0.5, 0.6) is 5.75 Å². The van der Waals surface area contributed by atoms with Crippen molar-refractivity contribution >= 4 is 17.5 Å². The van der Waals surface area contributed by atoms with E-state index in [1.165, 1.54) is 31.4 Å². The standard InChI is InChI=1S/C14H18ClNO2/c15-12-10-11(6-7-13(12)17)14(18)16-8-4-2-1-3-5-9-16/h6-7,10,17H,1-5,8-9H2. The van der Waals surface area contributed by atoms with E-state index in [2.05, 4.69) is 0 Å². The van der Waals surface area contributed by atoms with Crippen molar-refractivity contribution in [2.45, 2.75) is 32.1 Å². The number of likely N-dealkylation sites (tertiary alicyclic amines) is 1. The Morgan fingerprint density at radius 3 is 2.33 bits per heavy atom. The molecule has 0 saturated carbocycles. The van der Waals surface area contributed by atoms with E-state index in [0.29, 0.717) is 5.56 Å². The van der Waals surface area contributed by atoms with Crippen molar-refractivity contribution < 1.29 is 9.90 Å². The minimum atomic E-state index is 0.0128. The fourth-order valence-corrected chi connectivity index (χ4v) is 2.45. The molecule has 0 radical (unpaired) electrons. The third kappa shape index (κ3) is 3.16. The molecule has 1 amide bonds. The second-order valence-electron chi connectivity index (χ2n) is 4.73. The van der Waals surface area contributed by atoms with Crippen LogP contribution in [0.15, 0.2) is 18.2 Å². The number of aromatic hydroxyl groups is 1. The van der Waals surface area contributed by atoms with Gasteiger partial charge >= 0.3 is 0 Å². The Balaban J connectivity index is 2.10. The monoisotopic (exact) mass is 267 g/mol. The molecule has 3 nitrogen and oxygen atoms in total. The zero-order chi connectivity index (χ0) is 13.0. The smallest absolute Gasteiger partial charge is 0.253 e. The summed E-state index contributed by atoms with van der Waals surface area (Å²) in [7, 11) is 0. The summed E-state index contributed by atoms with van der Waals surface area (Å²) < 4.78 is 0. The molecule has 4 heteroatoms. The van der Waals surface area contributed by atoms with Crippen LogP contribution >= 0.6 is 11.6 Å². The van der Waals surface area contributed by atoms with Gasteiger partial charge in [-0.25, -0.2) is 0 Å². The van der Waals surface area contributed by atoms with Crippen molar-refractivity contribution in [1.82, 2.24) is 4.90 Å². The van der Waals surface area contributed by atoms with E-state index in [-0.39, 0.29) is 16.7 Å². The molecule has 0 bridgehead atoms. The van der Waals surface area contributed by atoms with Crippen LogP contribution in [0, 0.1) is 0 Å². The Bertz CT molecular complexity index is 426. The van der Waals surface area contributed by atoms with Gasteiger partial charge in [0.1, 0.15) is 5.75 Å². The van der Waals surface area contributed by atoms with Gasteiger partial charge in [-0.3, -0.25) is 4.79 Å². The fourth-order valence-electron chi connectivity index (χ4n) is 2.27. The van der Waals surface area contributed by atoms with Gasteiger partial charge in [0.25, 0.3) is 5.91 Å². The van der Waals surface area contributed by atoms with Crippen LogP contribution in [0.3, 0.4) is 0 Å². The molecule has 1 aromatic carbocycles. The van der Waals surface area contributed by atoms with Crippen LogP contribution in [0.2, 0.25) is 5.02 Å². The summed E-state index contributed by atoms with van der Waals surface area (Å²) in [5.41, 5.74) is 0.554. The molecule has 0 aliphatic carbocycles. The van der Waals surface area contributed by atoms with E-state index in [0.717, 1.165) is 25.9 Å². The van der Waals surface area contributed by atoms with Crippen LogP contribution < -0.4 is 0 Å². The third-order valence-electron chi connectivity index (χ3n) is 3.34. The number of rotatable bonds is 1. The summed E-state index contributed by atoms with van der Waals surface area (Å²) in [5.74, 6) is 0.0275. The number of halogens is 1. The first-order chi connectivity index (χ1) is 8.68. The predicted molar refractivity (Wildman–Crippen MR) is 72.1 cm³/mol. The maximum absolute atomic E-state index is 12.3. The van der Waals surface area contributed by atoms with Gasteiger partial charge in [-0.2, -0.15) is 0 Å². The van der Waals surface area contributed by atoms with Gasteiger partial charge < -0.3 is 10.0 Å². The molecular weight excluding hydrogens is 250 g/mol. The van der Waals surface area contributed by atoms with Gasteiger partial charge in [-0.1, -0.05) is 30.9 Å². The average Bonchev–Trinajstić information content (AvgIpc) is 2.31. The highest BCUT2D eigenvalue weighted by atomic mass is 35.5. The summed E-state index contributed by atoms with van der Waals surface area (Å²) in [6.07, 6.45) is 5.79. The minimum absolute atomic E-state index is 0.0128. The van der Waals surface area contributed by atoms with Crippen molar-refractivity contribution in [2.24, 2.45) is 0 Å². The maximum Gasteiger partial charge on any atom is 0.253 e. The normalized spacial score (nSPS) is 17.1. The number of phenolic OH excluding ortho intramolecular Hbond substituents is 1. The molecular formula is C14H18ClNO2. The Hall–Kier alpha value is -1.22. The molecule has 1 aliphatic heterocycles. The van der Waals surface area contributed by atoms with Crippen LogP contribution in [0.1, 0.15) is 42.5 Å². The molecule has 98 valence electrons. The number of phenols is 1. The van der Waals surface area contributed by atoms with Crippen molar-refractivity contribution in [3.8, 4) is 5.75 Å². The lowest BCUT2D eigenvalue weighted by Gasteiger charge is -2.25. The predicted octanol–water partition coefficient (Wildman–Crippen LogP) is 3.45. The Morgan fingerprint density at radius 1 is 1.11 bits per heavy atom. The molecule has 0 aromatic heterocycles. The third-order valence-corrected chi connectivity index (χ3v) is 3.64. The number of amides is 1. The van der Waals surface area contributed by atoms with Gasteiger partial charge in [-0.05, 0) is 31.0 Å². The Labute approximate surface area is 112 Å². The van der Waals surface area contributed by atoms with Crippen molar-refractivity contribution in [1.29, 1.82) is 0 Å². The molecule has 0 unspecified atom stereocenters. The highest BCUT2D eigenvalue weighted by Crippen LogP contribution is 2.24. The zero-order valence-electron chi connectivity index (χ0n) is 10.4. The van der Waals surface area contributed by atoms with Crippen LogP contribution in [-0.4, -0.2) is 29.0 Å². The SMILES string of the molecule is O=C(c1ccc(O)c(Cl)c1)N1CCCCCCC1. The fraction of sp³-hybridized carbons (Fsp3) is 0.500. The van der Waals surface area contributed by atoms with Gasteiger partial charge in [0.2, 0.25) is 0 Å². The molecule has 1 aliphatic rings. The van der Waals surface area contributed by atoms with E-state index >= 15 is 0 Å². The molecule has 0 spiro atoms. The van der Waals surface area contributed by atoms with Gasteiger partial charge in [0, 0.05) is 18.7 Å². The Kier molecular flexibility index (Phi) is 4.48. The second kappa shape index (κ2) is 6.10. The second-order valence-corrected chi connectivity index (χ2v) is 5.13. The molecule has 1 aromatic rings. The molecule has 1 N–H and O–H groups in total. The highest BCUT2D eigenvalue weighted by molar-refractivity contribution is 6.32. The van der Waals surface area contributed by atoms with Gasteiger partial charge in [0.05, 0.1) is 5.02 Å². The molecule has 2 rings (SSSR count). The van der Waals surface area contributed by atoms with Crippen LogP contribution in [-0.2, 0) is 0 Å². The Morgan fingerprint density at radius 2 is 1.72 bits per heavy atom. The van der Waals surface area contributed by atoms with Gasteiger partial charge in [0.15, 0.2) is 0 Å². The van der Waals surface area contributed by atoms with E-state index in [1.54, 1.807) is 6.07 Å². The van der Waals surface area contributed by atoms with Crippen LogP contribution in [0.25, 0.3) is 0 Å². The number of hydrogen-bond donors (Lipinski definition) is 1. The summed E-state index contributed by atoms with van der Waals surface area (Å²) >= 11 is 5.83. The van der Waals surface area contributed by atoms with Crippen molar-refractivity contribution in [3.63, 3.8) is 0 Å². The number of benzene rings is 1. The first kappa shape index (κ1) is 13.2. The molecule has 1 heterocycles. The lowest BCUT2D eigenvalue weighted by atomic mass is 10.1. The first-order valence-electron chi connectivity index (χ1n) is 6.46. The quantitative estimate of drug-likeness (QED) is 0.847. The van der Waals surface area contributed by atoms with Crippen molar-refractivity contribution in [2.75, 3.05) is 13.1 Å². The zero-order valence-corrected chi connectivity index (χ0v) is 11.1. The van der Waals surface area contributed by atoms with Crippen molar-refractivity contribution in [3.05, 3.63) is 28.8 Å². The van der Waals surface area contributed by atoms with Gasteiger partial charge in [-0.15, -0.1) is 0 Å². The lowest BCUT2D eigenvalue weighted by Crippen LogP contribution is -2.33. The summed E-state index contributed by atoms with van der Waals surface area (Å²) in [6.45, 7) is 1.63. The number of carbonyl (C=O) groups is 1. The molecule has 18 heavy (non-hydrogen) atoms. The van der Waals surface area contributed by atoms with E-state index in [1.807, 2.05) is 4.90 Å². The molecule has 1 saturated heterocycles. The largest absolute Gasteiger partial charge is 0.506 e. The maximum atomic E-state index is 12.3. The van der Waals surface area contributed by atoms with E-state index in [4.69, 9.17) is 11.6 Å².